The number of carbonyl (C=O) groups is 1. The molecule has 4 rings (SSSR count). The molecule has 0 unspecified atom stereocenters. The molecule has 0 aliphatic heterocycles. The molecule has 5 heteroatoms. The van der Waals surface area contributed by atoms with Gasteiger partial charge in [0.2, 0.25) is 5.91 Å². The number of thioether (sulfide) groups is 1. The Hall–Kier alpha value is -2.53. The van der Waals surface area contributed by atoms with Crippen molar-refractivity contribution in [2.45, 2.75) is 44.3 Å². The first-order chi connectivity index (χ1) is 14.8. The molecule has 0 bridgehead atoms. The van der Waals surface area contributed by atoms with Crippen LogP contribution in [0.25, 0.3) is 22.5 Å². The van der Waals surface area contributed by atoms with Gasteiger partial charge in [-0.25, -0.2) is 4.98 Å². The van der Waals surface area contributed by atoms with Crippen molar-refractivity contribution in [1.82, 2.24) is 14.9 Å². The van der Waals surface area contributed by atoms with Crippen LogP contribution in [0.2, 0.25) is 0 Å². The van der Waals surface area contributed by atoms with Crippen LogP contribution in [-0.4, -0.2) is 27.8 Å². The lowest BCUT2D eigenvalue weighted by molar-refractivity contribution is -0.124. The molecule has 0 atom stereocenters. The van der Waals surface area contributed by atoms with Gasteiger partial charge in [-0.05, 0) is 19.8 Å². The molecule has 1 heterocycles. The number of hydrogen-bond donors (Lipinski definition) is 1. The molecular weight excluding hydrogens is 390 g/mol. The van der Waals surface area contributed by atoms with E-state index in [1.54, 1.807) is 11.8 Å². The van der Waals surface area contributed by atoms with Crippen molar-refractivity contribution in [3.05, 3.63) is 60.7 Å². The largest absolute Gasteiger partial charge is 0.355 e. The first-order valence-corrected chi connectivity index (χ1v) is 11.9. The molecule has 3 aromatic rings. The highest BCUT2D eigenvalue weighted by Gasteiger charge is 2.22. The highest BCUT2D eigenvalue weighted by atomic mass is 32.2. The smallest absolute Gasteiger partial charge is 0.223 e. The van der Waals surface area contributed by atoms with Gasteiger partial charge in [0.25, 0.3) is 0 Å². The molecule has 1 aromatic heterocycles. The molecule has 1 aliphatic carbocycles. The van der Waals surface area contributed by atoms with E-state index in [-0.39, 0.29) is 11.8 Å². The molecule has 2 aromatic carbocycles. The minimum absolute atomic E-state index is 0.224. The lowest BCUT2D eigenvalue weighted by atomic mass is 10.0. The number of carbonyl (C=O) groups excluding carboxylic acids is 1. The maximum Gasteiger partial charge on any atom is 0.223 e. The number of benzene rings is 2. The standard InChI is InChI=1S/C25H29N3OS/c1-2-28-23(20-13-7-4-8-14-20)22(19-11-5-3-6-12-19)27-25(28)30-18-17-26-24(29)21-15-9-10-16-21/h3-8,11-14,21H,2,9-10,15-18H2,1H3,(H,26,29). The summed E-state index contributed by atoms with van der Waals surface area (Å²) in [7, 11) is 0. The monoisotopic (exact) mass is 419 g/mol. The first-order valence-electron chi connectivity index (χ1n) is 10.9. The second kappa shape index (κ2) is 9.98. The summed E-state index contributed by atoms with van der Waals surface area (Å²) < 4.78 is 2.29. The van der Waals surface area contributed by atoms with Gasteiger partial charge < -0.3 is 9.88 Å². The Morgan fingerprint density at radius 1 is 1.03 bits per heavy atom. The quantitative estimate of drug-likeness (QED) is 0.380. The molecule has 0 spiro atoms. The Labute approximate surface area is 183 Å². The fourth-order valence-electron chi connectivity index (χ4n) is 4.17. The zero-order chi connectivity index (χ0) is 20.8. The maximum absolute atomic E-state index is 12.3. The Morgan fingerprint density at radius 3 is 2.30 bits per heavy atom. The molecule has 1 fully saturated rings. The lowest BCUT2D eigenvalue weighted by Gasteiger charge is -2.12. The van der Waals surface area contributed by atoms with Crippen molar-refractivity contribution < 1.29 is 4.79 Å². The van der Waals surface area contributed by atoms with Gasteiger partial charge in [-0.2, -0.15) is 0 Å². The highest BCUT2D eigenvalue weighted by molar-refractivity contribution is 7.99. The van der Waals surface area contributed by atoms with Crippen LogP contribution in [-0.2, 0) is 11.3 Å². The van der Waals surface area contributed by atoms with Crippen molar-refractivity contribution in [2.24, 2.45) is 5.92 Å². The van der Waals surface area contributed by atoms with E-state index in [0.717, 1.165) is 47.2 Å². The molecule has 1 N–H and O–H groups in total. The molecule has 0 saturated heterocycles. The third-order valence-corrected chi connectivity index (χ3v) is 6.68. The topological polar surface area (TPSA) is 46.9 Å². The zero-order valence-electron chi connectivity index (χ0n) is 17.5. The van der Waals surface area contributed by atoms with E-state index >= 15 is 0 Å². The van der Waals surface area contributed by atoms with Crippen molar-refractivity contribution in [2.75, 3.05) is 12.3 Å². The molecule has 156 valence electrons. The summed E-state index contributed by atoms with van der Waals surface area (Å²) in [6.07, 6.45) is 4.46. The van der Waals surface area contributed by atoms with Crippen LogP contribution in [0.4, 0.5) is 0 Å². The van der Waals surface area contributed by atoms with Crippen LogP contribution in [0.1, 0.15) is 32.6 Å². The molecule has 30 heavy (non-hydrogen) atoms. The molecular formula is C25H29N3OS. The fourth-order valence-corrected chi connectivity index (χ4v) is 5.09. The van der Waals surface area contributed by atoms with Gasteiger partial charge in [0.1, 0.15) is 0 Å². The number of rotatable bonds is 8. The number of amides is 1. The van der Waals surface area contributed by atoms with Gasteiger partial charge in [0.15, 0.2) is 5.16 Å². The molecule has 1 aliphatic rings. The number of nitrogens with zero attached hydrogens (tertiary/aromatic N) is 2. The van der Waals surface area contributed by atoms with Crippen LogP contribution < -0.4 is 5.32 Å². The van der Waals surface area contributed by atoms with E-state index in [0.29, 0.717) is 6.54 Å². The lowest BCUT2D eigenvalue weighted by Crippen LogP contribution is -2.31. The second-order valence-electron chi connectivity index (χ2n) is 7.69. The SMILES string of the molecule is CCn1c(SCCNC(=O)C2CCCC2)nc(-c2ccccc2)c1-c1ccccc1. The third kappa shape index (κ3) is 4.62. The summed E-state index contributed by atoms with van der Waals surface area (Å²) in [6.45, 7) is 3.69. The molecule has 0 radical (unpaired) electrons. The maximum atomic E-state index is 12.3. The Kier molecular flexibility index (Phi) is 6.90. The summed E-state index contributed by atoms with van der Waals surface area (Å²) in [4.78, 5) is 17.3. The zero-order valence-corrected chi connectivity index (χ0v) is 18.3. The number of hydrogen-bond acceptors (Lipinski definition) is 3. The van der Waals surface area contributed by atoms with Gasteiger partial charge >= 0.3 is 0 Å². The number of imidazole rings is 1. The van der Waals surface area contributed by atoms with E-state index in [4.69, 9.17) is 4.98 Å². The summed E-state index contributed by atoms with van der Waals surface area (Å²) in [6, 6.07) is 20.9. The molecule has 1 amide bonds. The van der Waals surface area contributed by atoms with Crippen molar-refractivity contribution in [1.29, 1.82) is 0 Å². The highest BCUT2D eigenvalue weighted by Crippen LogP contribution is 2.35. The summed E-state index contributed by atoms with van der Waals surface area (Å²) in [5, 5.41) is 4.13. The molecule has 1 saturated carbocycles. The van der Waals surface area contributed by atoms with Crippen LogP contribution in [0.15, 0.2) is 65.8 Å². The second-order valence-corrected chi connectivity index (χ2v) is 8.75. The third-order valence-electron chi connectivity index (χ3n) is 5.70. The predicted molar refractivity (Wildman–Crippen MR) is 124 cm³/mol. The van der Waals surface area contributed by atoms with E-state index in [2.05, 4.69) is 65.3 Å². The van der Waals surface area contributed by atoms with E-state index in [9.17, 15) is 4.79 Å². The van der Waals surface area contributed by atoms with Gasteiger partial charge in [0, 0.05) is 35.9 Å². The Morgan fingerprint density at radius 2 is 1.67 bits per heavy atom. The summed E-state index contributed by atoms with van der Waals surface area (Å²) in [5.74, 6) is 1.27. The number of aromatic nitrogens is 2. The van der Waals surface area contributed by atoms with Gasteiger partial charge in [-0.1, -0.05) is 85.3 Å². The normalized spacial score (nSPS) is 14.2. The minimum Gasteiger partial charge on any atom is -0.355 e. The van der Waals surface area contributed by atoms with Crippen molar-refractivity contribution in [3.8, 4) is 22.5 Å². The van der Waals surface area contributed by atoms with Crippen molar-refractivity contribution in [3.63, 3.8) is 0 Å². The summed E-state index contributed by atoms with van der Waals surface area (Å²) in [5.41, 5.74) is 4.47. The van der Waals surface area contributed by atoms with Crippen LogP contribution in [0.5, 0.6) is 0 Å². The Balaban J connectivity index is 1.54. The van der Waals surface area contributed by atoms with E-state index in [1.165, 1.54) is 18.4 Å². The Bertz CT molecular complexity index is 963. The van der Waals surface area contributed by atoms with Gasteiger partial charge in [-0.3, -0.25) is 4.79 Å². The number of nitrogens with one attached hydrogen (secondary N) is 1. The van der Waals surface area contributed by atoms with Crippen LogP contribution in [0, 0.1) is 5.92 Å². The van der Waals surface area contributed by atoms with E-state index in [1.807, 2.05) is 12.1 Å². The minimum atomic E-state index is 0.224. The van der Waals surface area contributed by atoms with E-state index < -0.39 is 0 Å². The predicted octanol–water partition coefficient (Wildman–Crippen LogP) is 5.64. The average molecular weight is 420 g/mol. The molecule has 4 nitrogen and oxygen atoms in total. The van der Waals surface area contributed by atoms with Gasteiger partial charge in [-0.15, -0.1) is 0 Å². The first kappa shape index (κ1) is 20.7. The van der Waals surface area contributed by atoms with Gasteiger partial charge in [0.05, 0.1) is 11.4 Å². The fraction of sp³-hybridized carbons (Fsp3) is 0.360. The van der Waals surface area contributed by atoms with Crippen LogP contribution in [0.3, 0.4) is 0 Å². The average Bonchev–Trinajstić information content (AvgIpc) is 3.46. The van der Waals surface area contributed by atoms with Crippen molar-refractivity contribution >= 4 is 17.7 Å². The summed E-state index contributed by atoms with van der Waals surface area (Å²) >= 11 is 1.72. The van der Waals surface area contributed by atoms with Crippen LogP contribution >= 0.6 is 11.8 Å².